The van der Waals surface area contributed by atoms with Gasteiger partial charge in [0.25, 0.3) is 0 Å². The number of nitrogens with zero attached hydrogens (tertiary/aromatic N) is 3. The Bertz CT molecular complexity index is 757. The van der Waals surface area contributed by atoms with Crippen LogP contribution in [0.3, 0.4) is 0 Å². The number of carbonyl (C=O) groups excluding carboxylic acids is 2. The molecule has 7 nitrogen and oxygen atoms in total. The normalized spacial score (nSPS) is 14.0. The van der Waals surface area contributed by atoms with Crippen molar-refractivity contribution in [3.05, 3.63) is 54.4 Å². The van der Waals surface area contributed by atoms with Crippen LogP contribution in [0, 0.1) is 0 Å². The monoisotopic (exact) mass is 368 g/mol. The second kappa shape index (κ2) is 9.02. The fourth-order valence-corrected chi connectivity index (χ4v) is 3.01. The second-order valence-electron chi connectivity index (χ2n) is 6.29. The van der Waals surface area contributed by atoms with Crippen LogP contribution in [0.5, 0.6) is 0 Å². The number of hydrogen-bond donors (Lipinski definition) is 1. The minimum atomic E-state index is -0.249. The van der Waals surface area contributed by atoms with Crippen LogP contribution in [-0.2, 0) is 16.0 Å². The van der Waals surface area contributed by atoms with Crippen molar-refractivity contribution >= 4 is 23.4 Å². The lowest BCUT2D eigenvalue weighted by Crippen LogP contribution is -2.50. The van der Waals surface area contributed by atoms with E-state index in [-0.39, 0.29) is 18.4 Å². The summed E-state index contributed by atoms with van der Waals surface area (Å²) in [6.45, 7) is 5.06. The number of benzene rings is 1. The summed E-state index contributed by atoms with van der Waals surface area (Å²) in [7, 11) is 0. The van der Waals surface area contributed by atoms with E-state index in [0.29, 0.717) is 25.4 Å². The molecule has 2 aromatic rings. The molecule has 7 heteroatoms. The lowest BCUT2D eigenvalue weighted by molar-refractivity contribution is -0.142. The highest BCUT2D eigenvalue weighted by Gasteiger charge is 2.21. The van der Waals surface area contributed by atoms with E-state index in [4.69, 9.17) is 4.74 Å². The number of amides is 2. The molecule has 0 spiro atoms. The highest BCUT2D eigenvalue weighted by molar-refractivity contribution is 5.89. The van der Waals surface area contributed by atoms with Gasteiger partial charge in [0.2, 0.25) is 0 Å². The molecule has 0 radical (unpaired) electrons. The van der Waals surface area contributed by atoms with E-state index in [1.807, 2.05) is 29.2 Å². The maximum absolute atomic E-state index is 12.5. The van der Waals surface area contributed by atoms with Crippen molar-refractivity contribution in [1.82, 2.24) is 9.88 Å². The van der Waals surface area contributed by atoms with Crippen molar-refractivity contribution in [3.8, 4) is 0 Å². The standard InChI is InChI=1S/C20H24N4O3/c1-2-27-19(25)15-16-3-5-17(6-4-16)22-20(26)24-13-11-23(12-14-24)18-7-9-21-10-8-18/h3-10H,2,11-15H2,1H3,(H,22,26). The molecule has 3 rings (SSSR count). The van der Waals surface area contributed by atoms with Gasteiger partial charge >= 0.3 is 12.0 Å². The maximum atomic E-state index is 12.5. The molecule has 0 bridgehead atoms. The molecule has 1 aliphatic rings. The highest BCUT2D eigenvalue weighted by atomic mass is 16.5. The highest BCUT2D eigenvalue weighted by Crippen LogP contribution is 2.16. The Hall–Kier alpha value is -3.09. The van der Waals surface area contributed by atoms with Gasteiger partial charge in [-0.15, -0.1) is 0 Å². The average molecular weight is 368 g/mol. The molecule has 0 saturated carbocycles. The molecule has 27 heavy (non-hydrogen) atoms. The lowest BCUT2D eigenvalue weighted by atomic mass is 10.1. The van der Waals surface area contributed by atoms with Crippen molar-refractivity contribution in [2.24, 2.45) is 0 Å². The molecule has 1 N–H and O–H groups in total. The molecule has 0 aliphatic carbocycles. The zero-order valence-corrected chi connectivity index (χ0v) is 15.4. The van der Waals surface area contributed by atoms with Crippen LogP contribution in [0.2, 0.25) is 0 Å². The van der Waals surface area contributed by atoms with Crippen LogP contribution in [0.4, 0.5) is 16.2 Å². The SMILES string of the molecule is CCOC(=O)Cc1ccc(NC(=O)N2CCN(c3ccncc3)CC2)cc1. The molecule has 1 aliphatic heterocycles. The van der Waals surface area contributed by atoms with E-state index in [1.54, 1.807) is 31.5 Å². The summed E-state index contributed by atoms with van der Waals surface area (Å²) in [5.74, 6) is -0.249. The van der Waals surface area contributed by atoms with Crippen LogP contribution in [0.15, 0.2) is 48.8 Å². The van der Waals surface area contributed by atoms with Crippen molar-refractivity contribution in [1.29, 1.82) is 0 Å². The number of hydrogen-bond acceptors (Lipinski definition) is 5. The van der Waals surface area contributed by atoms with Crippen LogP contribution in [-0.4, -0.2) is 54.7 Å². The number of piperazine rings is 1. The summed E-state index contributed by atoms with van der Waals surface area (Å²) >= 11 is 0. The topological polar surface area (TPSA) is 74.8 Å². The third-order valence-corrected chi connectivity index (χ3v) is 4.45. The third-order valence-electron chi connectivity index (χ3n) is 4.45. The number of ether oxygens (including phenoxy) is 1. The van der Waals surface area contributed by atoms with Gasteiger partial charge in [-0.05, 0) is 36.8 Å². The molecule has 1 aromatic heterocycles. The van der Waals surface area contributed by atoms with Gasteiger partial charge in [0.05, 0.1) is 13.0 Å². The first-order valence-electron chi connectivity index (χ1n) is 9.11. The maximum Gasteiger partial charge on any atom is 0.321 e. The quantitative estimate of drug-likeness (QED) is 0.821. The van der Waals surface area contributed by atoms with E-state index < -0.39 is 0 Å². The van der Waals surface area contributed by atoms with Crippen molar-refractivity contribution < 1.29 is 14.3 Å². The molecule has 142 valence electrons. The summed E-state index contributed by atoms with van der Waals surface area (Å²) in [5, 5.41) is 2.91. The average Bonchev–Trinajstić information content (AvgIpc) is 2.70. The van der Waals surface area contributed by atoms with E-state index in [1.165, 1.54) is 0 Å². The van der Waals surface area contributed by atoms with Gasteiger partial charge in [-0.2, -0.15) is 0 Å². The molecule has 1 saturated heterocycles. The van der Waals surface area contributed by atoms with Crippen LogP contribution < -0.4 is 10.2 Å². The third kappa shape index (κ3) is 5.20. The Balaban J connectivity index is 1.49. The lowest BCUT2D eigenvalue weighted by Gasteiger charge is -2.36. The predicted octanol–water partition coefficient (Wildman–Crippen LogP) is 2.54. The van der Waals surface area contributed by atoms with E-state index in [9.17, 15) is 9.59 Å². The number of esters is 1. The first kappa shape index (κ1) is 18.7. The zero-order chi connectivity index (χ0) is 19.1. The second-order valence-corrected chi connectivity index (χ2v) is 6.29. The molecule has 1 fully saturated rings. The van der Waals surface area contributed by atoms with Gasteiger partial charge in [0.15, 0.2) is 0 Å². The van der Waals surface area contributed by atoms with Gasteiger partial charge in [-0.1, -0.05) is 12.1 Å². The van der Waals surface area contributed by atoms with Gasteiger partial charge in [0, 0.05) is 49.9 Å². The summed E-state index contributed by atoms with van der Waals surface area (Å²) in [6.07, 6.45) is 3.79. The van der Waals surface area contributed by atoms with Crippen LogP contribution >= 0.6 is 0 Å². The smallest absolute Gasteiger partial charge is 0.321 e. The summed E-state index contributed by atoms with van der Waals surface area (Å²) in [5.41, 5.74) is 2.70. The summed E-state index contributed by atoms with van der Waals surface area (Å²) < 4.78 is 4.94. The van der Waals surface area contributed by atoms with Crippen LogP contribution in [0.1, 0.15) is 12.5 Å². The number of urea groups is 1. The number of pyridine rings is 1. The van der Waals surface area contributed by atoms with Gasteiger partial charge in [0.1, 0.15) is 0 Å². The first-order valence-corrected chi connectivity index (χ1v) is 9.11. The Labute approximate surface area is 158 Å². The fraction of sp³-hybridized carbons (Fsp3) is 0.350. The number of aromatic nitrogens is 1. The van der Waals surface area contributed by atoms with Crippen molar-refractivity contribution in [2.75, 3.05) is 43.0 Å². The van der Waals surface area contributed by atoms with Gasteiger partial charge in [-0.3, -0.25) is 9.78 Å². The Kier molecular flexibility index (Phi) is 6.25. The van der Waals surface area contributed by atoms with E-state index in [0.717, 1.165) is 24.3 Å². The molecule has 2 heterocycles. The van der Waals surface area contributed by atoms with Crippen molar-refractivity contribution in [3.63, 3.8) is 0 Å². The fourth-order valence-electron chi connectivity index (χ4n) is 3.01. The Morgan fingerprint density at radius 3 is 2.33 bits per heavy atom. The minimum absolute atomic E-state index is 0.109. The van der Waals surface area contributed by atoms with Gasteiger partial charge < -0.3 is 19.9 Å². The van der Waals surface area contributed by atoms with Crippen molar-refractivity contribution in [2.45, 2.75) is 13.3 Å². The summed E-state index contributed by atoms with van der Waals surface area (Å²) in [6, 6.07) is 11.1. The summed E-state index contributed by atoms with van der Waals surface area (Å²) in [4.78, 5) is 32.1. The largest absolute Gasteiger partial charge is 0.466 e. The molecule has 1 aromatic carbocycles. The Morgan fingerprint density at radius 2 is 1.70 bits per heavy atom. The predicted molar refractivity (Wildman–Crippen MR) is 104 cm³/mol. The van der Waals surface area contributed by atoms with Crippen LogP contribution in [0.25, 0.3) is 0 Å². The van der Waals surface area contributed by atoms with E-state index >= 15 is 0 Å². The van der Waals surface area contributed by atoms with E-state index in [2.05, 4.69) is 15.2 Å². The first-order chi connectivity index (χ1) is 13.2. The Morgan fingerprint density at radius 1 is 1.04 bits per heavy atom. The molecule has 2 amide bonds. The molecular weight excluding hydrogens is 344 g/mol. The molecule has 0 atom stereocenters. The zero-order valence-electron chi connectivity index (χ0n) is 15.4. The number of nitrogens with one attached hydrogen (secondary N) is 1. The molecule has 0 unspecified atom stereocenters. The molecular formula is C20H24N4O3. The number of anilines is 2. The number of rotatable bonds is 5. The number of carbonyl (C=O) groups is 2. The minimum Gasteiger partial charge on any atom is -0.466 e. The van der Waals surface area contributed by atoms with Gasteiger partial charge in [-0.25, -0.2) is 4.79 Å².